The minimum absolute atomic E-state index is 0.0748. The fourth-order valence-corrected chi connectivity index (χ4v) is 6.48. The van der Waals surface area contributed by atoms with Crippen LogP contribution in [0.4, 0.5) is 0 Å². The van der Waals surface area contributed by atoms with Crippen LogP contribution in [0, 0.1) is 0 Å². The summed E-state index contributed by atoms with van der Waals surface area (Å²) in [6, 6.07) is 0. The van der Waals surface area contributed by atoms with Crippen LogP contribution in [0.1, 0.15) is 90.4 Å². The zero-order chi connectivity index (χ0) is 18.2. The van der Waals surface area contributed by atoms with Gasteiger partial charge >= 0.3 is 5.97 Å². The lowest BCUT2D eigenvalue weighted by molar-refractivity contribution is -0.140. The summed E-state index contributed by atoms with van der Waals surface area (Å²) in [6.45, 7) is 2.29. The second-order valence-corrected chi connectivity index (χ2v) is 10.2. The minimum atomic E-state index is -0.0748. The van der Waals surface area contributed by atoms with Gasteiger partial charge in [-0.15, -0.1) is 23.5 Å². The highest BCUT2D eigenvalue weighted by atomic mass is 32.2. The van der Waals surface area contributed by atoms with Gasteiger partial charge in [0.15, 0.2) is 0 Å². The highest BCUT2D eigenvalue weighted by molar-refractivity contribution is 8.21. The van der Waals surface area contributed by atoms with E-state index in [-0.39, 0.29) is 5.97 Å². The number of allylic oxidation sites excluding steroid dienone is 2. The number of esters is 1. The Labute approximate surface area is 164 Å². The Bertz CT molecular complexity index is 363. The van der Waals surface area contributed by atoms with Crippen molar-refractivity contribution in [1.82, 2.24) is 0 Å². The van der Waals surface area contributed by atoms with Crippen LogP contribution in [0.5, 0.6) is 0 Å². The van der Waals surface area contributed by atoms with Crippen molar-refractivity contribution in [2.24, 2.45) is 0 Å². The van der Waals surface area contributed by atoms with Gasteiger partial charge in [-0.05, 0) is 32.1 Å². The van der Waals surface area contributed by atoms with Gasteiger partial charge in [-0.1, -0.05) is 64.0 Å². The number of unbranched alkanes of at least 4 members (excludes halogenated alkanes) is 8. The van der Waals surface area contributed by atoms with Gasteiger partial charge in [0.1, 0.15) is 0 Å². The van der Waals surface area contributed by atoms with Crippen LogP contribution in [0.3, 0.4) is 0 Å². The molecule has 1 saturated heterocycles. The highest BCUT2D eigenvalue weighted by Crippen LogP contribution is 2.50. The van der Waals surface area contributed by atoms with E-state index in [4.69, 9.17) is 0 Å². The van der Waals surface area contributed by atoms with Crippen LogP contribution in [0.2, 0.25) is 0 Å². The van der Waals surface area contributed by atoms with Crippen molar-refractivity contribution in [2.75, 3.05) is 18.6 Å². The molecule has 1 fully saturated rings. The molecule has 0 atom stereocenters. The van der Waals surface area contributed by atoms with Crippen LogP contribution in [0.25, 0.3) is 0 Å². The predicted octanol–water partition coefficient (Wildman–Crippen LogP) is 6.98. The molecule has 1 rings (SSSR count). The van der Waals surface area contributed by atoms with Gasteiger partial charge in [0.25, 0.3) is 0 Å². The molecule has 0 unspecified atom stereocenters. The Morgan fingerprint density at radius 3 is 2.36 bits per heavy atom. The zero-order valence-corrected chi connectivity index (χ0v) is 18.0. The minimum Gasteiger partial charge on any atom is -0.469 e. The molecule has 0 bridgehead atoms. The van der Waals surface area contributed by atoms with E-state index in [1.807, 2.05) is 0 Å². The van der Waals surface area contributed by atoms with E-state index in [9.17, 15) is 4.79 Å². The highest BCUT2D eigenvalue weighted by Gasteiger charge is 2.33. The summed E-state index contributed by atoms with van der Waals surface area (Å²) in [6.07, 6.45) is 20.7. The second-order valence-electron chi connectivity index (χ2n) is 6.98. The van der Waals surface area contributed by atoms with Crippen molar-refractivity contribution in [2.45, 2.75) is 94.5 Å². The Hall–Kier alpha value is -0.0900. The summed E-state index contributed by atoms with van der Waals surface area (Å²) in [4.78, 5) is 11.0. The SMILES string of the molecule is CCCCCCC1(C/C=C/CCCCCCCC(=O)OC)SCCS1. The van der Waals surface area contributed by atoms with E-state index in [1.165, 1.54) is 82.8 Å². The third kappa shape index (κ3) is 11.3. The smallest absolute Gasteiger partial charge is 0.305 e. The van der Waals surface area contributed by atoms with Crippen molar-refractivity contribution >= 4 is 29.5 Å². The van der Waals surface area contributed by atoms with E-state index in [0.29, 0.717) is 10.5 Å². The van der Waals surface area contributed by atoms with E-state index in [0.717, 1.165) is 12.8 Å². The maximum absolute atomic E-state index is 11.0. The normalized spacial score (nSPS) is 16.6. The molecular formula is C21H38O2S2. The maximum Gasteiger partial charge on any atom is 0.305 e. The van der Waals surface area contributed by atoms with E-state index in [2.05, 4.69) is 47.3 Å². The molecule has 2 nitrogen and oxygen atoms in total. The lowest BCUT2D eigenvalue weighted by Gasteiger charge is -2.26. The van der Waals surface area contributed by atoms with Crippen molar-refractivity contribution in [1.29, 1.82) is 0 Å². The van der Waals surface area contributed by atoms with Gasteiger partial charge < -0.3 is 4.74 Å². The van der Waals surface area contributed by atoms with Crippen molar-refractivity contribution in [3.63, 3.8) is 0 Å². The molecule has 146 valence electrons. The first-order chi connectivity index (χ1) is 12.2. The van der Waals surface area contributed by atoms with Crippen LogP contribution in [-0.4, -0.2) is 28.7 Å². The fourth-order valence-electron chi connectivity index (χ4n) is 3.23. The van der Waals surface area contributed by atoms with Gasteiger partial charge in [0.05, 0.1) is 11.2 Å². The Morgan fingerprint density at radius 1 is 0.960 bits per heavy atom. The third-order valence-corrected chi connectivity index (χ3v) is 8.38. The summed E-state index contributed by atoms with van der Waals surface area (Å²) in [5.41, 5.74) is 0. The molecule has 0 aliphatic carbocycles. The topological polar surface area (TPSA) is 26.3 Å². The Kier molecular flexibility index (Phi) is 13.8. The largest absolute Gasteiger partial charge is 0.469 e. The number of hydrogen-bond donors (Lipinski definition) is 0. The van der Waals surface area contributed by atoms with Crippen molar-refractivity contribution < 1.29 is 9.53 Å². The zero-order valence-electron chi connectivity index (χ0n) is 16.4. The first-order valence-electron chi connectivity index (χ1n) is 10.2. The number of ether oxygens (including phenoxy) is 1. The molecule has 1 aliphatic rings. The summed E-state index contributed by atoms with van der Waals surface area (Å²) < 4.78 is 5.14. The number of carbonyl (C=O) groups excluding carboxylic acids is 1. The number of thioether (sulfide) groups is 2. The van der Waals surface area contributed by atoms with Gasteiger partial charge in [-0.25, -0.2) is 0 Å². The molecular weight excluding hydrogens is 348 g/mol. The standard InChI is InChI=1S/C21H38O2S2/c1-3-4-5-13-16-21(24-18-19-25-21)17-14-11-9-7-6-8-10-12-15-20(22)23-2/h11,14H,3-10,12-13,15-19H2,1-2H3/b14-11+. The number of hydrogen-bond acceptors (Lipinski definition) is 4. The molecule has 1 aliphatic heterocycles. The maximum atomic E-state index is 11.0. The van der Waals surface area contributed by atoms with E-state index >= 15 is 0 Å². The molecule has 0 aromatic heterocycles. The van der Waals surface area contributed by atoms with Gasteiger partial charge in [0, 0.05) is 17.9 Å². The average Bonchev–Trinajstić information content (AvgIpc) is 3.09. The number of carbonyl (C=O) groups is 1. The molecule has 0 spiro atoms. The van der Waals surface area contributed by atoms with Gasteiger partial charge in [0.2, 0.25) is 0 Å². The van der Waals surface area contributed by atoms with E-state index in [1.54, 1.807) is 0 Å². The van der Waals surface area contributed by atoms with Crippen LogP contribution >= 0.6 is 23.5 Å². The van der Waals surface area contributed by atoms with Gasteiger partial charge in [-0.3, -0.25) is 4.79 Å². The van der Waals surface area contributed by atoms with Crippen LogP contribution in [0.15, 0.2) is 12.2 Å². The number of methoxy groups -OCH3 is 1. The molecule has 0 radical (unpaired) electrons. The van der Waals surface area contributed by atoms with E-state index < -0.39 is 0 Å². The average molecular weight is 387 g/mol. The van der Waals surface area contributed by atoms with Gasteiger partial charge in [-0.2, -0.15) is 0 Å². The molecule has 1 heterocycles. The fraction of sp³-hybridized carbons (Fsp3) is 0.857. The molecule has 25 heavy (non-hydrogen) atoms. The van der Waals surface area contributed by atoms with Crippen LogP contribution in [-0.2, 0) is 9.53 Å². The predicted molar refractivity (Wildman–Crippen MR) is 114 cm³/mol. The quantitative estimate of drug-likeness (QED) is 0.172. The lowest BCUT2D eigenvalue weighted by Crippen LogP contribution is -2.15. The molecule has 0 saturated carbocycles. The monoisotopic (exact) mass is 386 g/mol. The van der Waals surface area contributed by atoms with Crippen molar-refractivity contribution in [3.8, 4) is 0 Å². The third-order valence-electron chi connectivity index (χ3n) is 4.80. The lowest BCUT2D eigenvalue weighted by atomic mass is 10.1. The second kappa shape index (κ2) is 15.0. The molecule has 0 aromatic rings. The summed E-state index contributed by atoms with van der Waals surface area (Å²) >= 11 is 4.41. The molecule has 0 aromatic carbocycles. The first-order valence-corrected chi connectivity index (χ1v) is 12.2. The summed E-state index contributed by atoms with van der Waals surface area (Å²) in [7, 11) is 1.46. The summed E-state index contributed by atoms with van der Waals surface area (Å²) in [5.74, 6) is 2.59. The Balaban J connectivity index is 2.05. The van der Waals surface area contributed by atoms with Crippen molar-refractivity contribution in [3.05, 3.63) is 12.2 Å². The number of rotatable bonds is 15. The molecule has 0 amide bonds. The Morgan fingerprint density at radius 2 is 1.64 bits per heavy atom. The molecule has 4 heteroatoms. The van der Waals surface area contributed by atoms with Crippen LogP contribution < -0.4 is 0 Å². The first kappa shape index (κ1) is 23.0. The summed E-state index contributed by atoms with van der Waals surface area (Å²) in [5, 5.41) is 0. The molecule has 0 N–H and O–H groups in total.